The van der Waals surface area contributed by atoms with Crippen molar-refractivity contribution in [1.29, 1.82) is 0 Å². The van der Waals surface area contributed by atoms with Gasteiger partial charge in [-0.3, -0.25) is 14.4 Å². The Morgan fingerprint density at radius 2 is 1.95 bits per heavy atom. The van der Waals surface area contributed by atoms with Gasteiger partial charge in [0.25, 0.3) is 5.91 Å². The maximum atomic E-state index is 14.7. The third kappa shape index (κ3) is 6.94. The third-order valence-corrected chi connectivity index (χ3v) is 7.05. The number of likely N-dealkylation sites (tertiary alicyclic amines) is 1. The van der Waals surface area contributed by atoms with Crippen molar-refractivity contribution in [3.63, 3.8) is 0 Å². The van der Waals surface area contributed by atoms with Crippen molar-refractivity contribution in [2.24, 2.45) is 17.6 Å². The first-order chi connectivity index (χ1) is 19.1. The number of hydrogen-bond donors (Lipinski definition) is 4. The van der Waals surface area contributed by atoms with E-state index in [-0.39, 0.29) is 31.4 Å². The van der Waals surface area contributed by atoms with Crippen LogP contribution in [0.1, 0.15) is 41.2 Å². The zero-order chi connectivity index (χ0) is 30.7. The molecule has 3 amide bonds. The van der Waals surface area contributed by atoms with E-state index in [1.807, 2.05) is 19.2 Å². The summed E-state index contributed by atoms with van der Waals surface area (Å²) in [6, 6.07) is 3.46. The number of ether oxygens (including phenoxy) is 1. The minimum atomic E-state index is -5.22. The molecule has 1 aliphatic heterocycles. The Kier molecular flexibility index (Phi) is 9.61. The lowest BCUT2D eigenvalue weighted by molar-refractivity contribution is -0.306. The van der Waals surface area contributed by atoms with Gasteiger partial charge in [-0.25, -0.2) is 14.5 Å². The Bertz CT molecular complexity index is 1300. The first-order valence-electron chi connectivity index (χ1n) is 12.3. The highest BCUT2D eigenvalue weighted by Gasteiger charge is 2.64. The second-order valence-electron chi connectivity index (χ2n) is 9.67. The number of carboxylic acids is 1. The van der Waals surface area contributed by atoms with E-state index in [9.17, 15) is 37.5 Å². The van der Waals surface area contributed by atoms with E-state index in [1.165, 1.54) is 18.3 Å². The summed E-state index contributed by atoms with van der Waals surface area (Å²) in [4.78, 5) is 55.3. The molecule has 3 heterocycles. The predicted octanol–water partition coefficient (Wildman–Crippen LogP) is 1.73. The van der Waals surface area contributed by atoms with Crippen LogP contribution in [-0.4, -0.2) is 86.6 Å². The third-order valence-electron chi connectivity index (χ3n) is 6.82. The van der Waals surface area contributed by atoms with Gasteiger partial charge in [0.05, 0.1) is 10.9 Å². The van der Waals surface area contributed by atoms with Crippen molar-refractivity contribution >= 4 is 41.1 Å². The Morgan fingerprint density at radius 3 is 2.46 bits per heavy atom. The van der Waals surface area contributed by atoms with E-state index < -0.39 is 65.4 Å². The second-order valence-corrected chi connectivity index (χ2v) is 10.1. The molecule has 3 unspecified atom stereocenters. The molecule has 0 aliphatic carbocycles. The molecule has 0 aromatic carbocycles. The summed E-state index contributed by atoms with van der Waals surface area (Å²) >= 11 is 5.75. The standard InChI is InChI=1S/C24H29ClF3N7O6/c1-12(2)34-7-6-15(14(10-34)20(29)37)23(41-3,24(26,27)28)32-21(38)16-8-17(22(39)40)35(33-16)11-19(36)31-18-5-4-13(25)9-30-18/h4-5,8-9,12,14-15H,6-7,10-11H2,1-3H3,(H2,29,37)(H,32,38)(H,39,40)(H,30,31,36). The Morgan fingerprint density at radius 1 is 1.27 bits per heavy atom. The monoisotopic (exact) mass is 603 g/mol. The highest BCUT2D eigenvalue weighted by molar-refractivity contribution is 6.30. The van der Waals surface area contributed by atoms with Crippen LogP contribution >= 0.6 is 11.6 Å². The number of aromatic nitrogens is 3. The summed E-state index contributed by atoms with van der Waals surface area (Å²) < 4.78 is 49.5. The summed E-state index contributed by atoms with van der Waals surface area (Å²) in [6.07, 6.45) is -4.17. The van der Waals surface area contributed by atoms with Crippen LogP contribution in [0.2, 0.25) is 5.02 Å². The molecule has 3 atom stereocenters. The fourth-order valence-corrected chi connectivity index (χ4v) is 4.85. The molecular formula is C24H29ClF3N7O6. The molecule has 2 aromatic rings. The van der Waals surface area contributed by atoms with Crippen LogP contribution in [0.3, 0.4) is 0 Å². The summed E-state index contributed by atoms with van der Waals surface area (Å²) in [5.74, 6) is -7.70. The molecule has 0 bridgehead atoms. The van der Waals surface area contributed by atoms with Gasteiger partial charge in [-0.05, 0) is 38.9 Å². The average molecular weight is 604 g/mol. The van der Waals surface area contributed by atoms with Crippen molar-refractivity contribution in [2.45, 2.75) is 44.8 Å². The molecule has 1 aliphatic rings. The number of nitrogens with zero attached hydrogens (tertiary/aromatic N) is 4. The fourth-order valence-electron chi connectivity index (χ4n) is 4.73. The number of nitrogens with one attached hydrogen (secondary N) is 2. The van der Waals surface area contributed by atoms with Gasteiger partial charge in [0, 0.05) is 37.9 Å². The molecular weight excluding hydrogens is 575 g/mol. The van der Waals surface area contributed by atoms with Gasteiger partial charge in [-0.1, -0.05) is 11.6 Å². The number of rotatable bonds is 10. The van der Waals surface area contributed by atoms with Crippen molar-refractivity contribution in [3.8, 4) is 0 Å². The average Bonchev–Trinajstić information content (AvgIpc) is 3.31. The molecule has 224 valence electrons. The normalized spacial score (nSPS) is 19.4. The van der Waals surface area contributed by atoms with Crippen LogP contribution in [0.15, 0.2) is 24.4 Å². The number of alkyl halides is 3. The zero-order valence-electron chi connectivity index (χ0n) is 22.2. The van der Waals surface area contributed by atoms with E-state index in [1.54, 1.807) is 4.90 Å². The van der Waals surface area contributed by atoms with Crippen LogP contribution in [-0.2, 0) is 20.9 Å². The summed E-state index contributed by atoms with van der Waals surface area (Å²) in [7, 11) is 0.733. The van der Waals surface area contributed by atoms with Crippen molar-refractivity contribution in [2.75, 3.05) is 25.5 Å². The first-order valence-corrected chi connectivity index (χ1v) is 12.7. The number of pyridine rings is 1. The van der Waals surface area contributed by atoms with Gasteiger partial charge in [0.15, 0.2) is 5.69 Å². The molecule has 5 N–H and O–H groups in total. The van der Waals surface area contributed by atoms with E-state index >= 15 is 0 Å². The number of primary amides is 1. The van der Waals surface area contributed by atoms with Crippen LogP contribution in [0.25, 0.3) is 0 Å². The molecule has 2 aromatic heterocycles. The Labute approximate surface area is 237 Å². The number of carbonyl (C=O) groups excluding carboxylic acids is 3. The molecule has 0 radical (unpaired) electrons. The lowest BCUT2D eigenvalue weighted by atomic mass is 9.76. The number of amides is 3. The van der Waals surface area contributed by atoms with E-state index in [4.69, 9.17) is 22.1 Å². The number of aromatic carboxylic acids is 1. The SMILES string of the molecule is COC(NC(=O)c1cc(C(=O)O)n(CC(=O)Nc2ccc(Cl)cn2)n1)(C1CCN(C(C)C)CC1C(N)=O)C(F)(F)F. The van der Waals surface area contributed by atoms with Gasteiger partial charge >= 0.3 is 12.1 Å². The van der Waals surface area contributed by atoms with Crippen LogP contribution < -0.4 is 16.4 Å². The van der Waals surface area contributed by atoms with Gasteiger partial charge in [-0.2, -0.15) is 18.3 Å². The fraction of sp³-hybridized carbons (Fsp3) is 0.500. The van der Waals surface area contributed by atoms with Crippen molar-refractivity contribution in [1.82, 2.24) is 25.0 Å². The highest BCUT2D eigenvalue weighted by atomic mass is 35.5. The second kappa shape index (κ2) is 12.4. The van der Waals surface area contributed by atoms with Gasteiger partial charge in [0.1, 0.15) is 18.1 Å². The Hall–Kier alpha value is -3.76. The van der Waals surface area contributed by atoms with E-state index in [0.717, 1.165) is 13.2 Å². The molecule has 1 fully saturated rings. The molecule has 13 nitrogen and oxygen atoms in total. The van der Waals surface area contributed by atoms with Crippen molar-refractivity contribution < 1.29 is 42.2 Å². The van der Waals surface area contributed by atoms with Gasteiger partial charge in [-0.15, -0.1) is 0 Å². The predicted molar refractivity (Wildman–Crippen MR) is 138 cm³/mol. The van der Waals surface area contributed by atoms with Gasteiger partial charge < -0.3 is 31.1 Å². The summed E-state index contributed by atoms with van der Waals surface area (Å²) in [5, 5.41) is 17.8. The number of methoxy groups -OCH3 is 1. The summed E-state index contributed by atoms with van der Waals surface area (Å²) in [6.45, 7) is 2.99. The molecule has 3 rings (SSSR count). The molecule has 41 heavy (non-hydrogen) atoms. The summed E-state index contributed by atoms with van der Waals surface area (Å²) in [5.41, 5.74) is 0.744. The number of carbonyl (C=O) groups is 4. The highest BCUT2D eigenvalue weighted by Crippen LogP contribution is 2.44. The smallest absolute Gasteiger partial charge is 0.436 e. The number of carboxylic acid groups (broad SMARTS) is 1. The maximum Gasteiger partial charge on any atom is 0.436 e. The van der Waals surface area contributed by atoms with E-state index in [0.29, 0.717) is 9.70 Å². The van der Waals surface area contributed by atoms with E-state index in [2.05, 4.69) is 15.4 Å². The minimum absolute atomic E-state index is 0.0821. The topological polar surface area (TPSA) is 182 Å². The van der Waals surface area contributed by atoms with Crippen molar-refractivity contribution in [3.05, 3.63) is 40.8 Å². The quantitative estimate of drug-likeness (QED) is 0.294. The Balaban J connectivity index is 1.91. The lowest BCUT2D eigenvalue weighted by Crippen LogP contribution is -2.69. The van der Waals surface area contributed by atoms with Gasteiger partial charge in [0.2, 0.25) is 17.5 Å². The number of nitrogens with two attached hydrogens (primary N) is 1. The number of halogens is 4. The zero-order valence-corrected chi connectivity index (χ0v) is 23.0. The minimum Gasteiger partial charge on any atom is -0.477 e. The number of piperidine rings is 1. The first kappa shape index (κ1) is 31.8. The molecule has 17 heteroatoms. The number of anilines is 1. The van der Waals surface area contributed by atoms with Crippen LogP contribution in [0.4, 0.5) is 19.0 Å². The molecule has 1 saturated heterocycles. The largest absolute Gasteiger partial charge is 0.477 e. The van der Waals surface area contributed by atoms with Crippen LogP contribution in [0, 0.1) is 11.8 Å². The lowest BCUT2D eigenvalue weighted by Gasteiger charge is -2.48. The van der Waals surface area contributed by atoms with Crippen LogP contribution in [0.5, 0.6) is 0 Å². The molecule has 0 spiro atoms. The molecule has 0 saturated carbocycles. The maximum absolute atomic E-state index is 14.7. The number of hydrogen-bond acceptors (Lipinski definition) is 8.